The van der Waals surface area contributed by atoms with Gasteiger partial charge in [0.25, 0.3) is 5.91 Å². The molecule has 26 heavy (non-hydrogen) atoms. The van der Waals surface area contributed by atoms with E-state index in [1.54, 1.807) is 36.2 Å². The highest BCUT2D eigenvalue weighted by Crippen LogP contribution is 2.19. The second kappa shape index (κ2) is 8.25. The van der Waals surface area contributed by atoms with Gasteiger partial charge < -0.3 is 9.64 Å². The number of carbonyl (C=O) groups excluding carboxylic acids is 1. The third-order valence-corrected chi connectivity index (χ3v) is 3.94. The molecule has 0 radical (unpaired) electrons. The first-order valence-electron chi connectivity index (χ1n) is 8.31. The van der Waals surface area contributed by atoms with Crippen molar-refractivity contribution in [3.63, 3.8) is 0 Å². The van der Waals surface area contributed by atoms with Gasteiger partial charge in [0.05, 0.1) is 5.56 Å². The summed E-state index contributed by atoms with van der Waals surface area (Å²) in [6.45, 7) is 0.534. The molecule has 2 aromatic carbocycles. The first-order chi connectivity index (χ1) is 12.6. The Hall–Kier alpha value is -3.21. The number of amides is 1. The predicted octanol–water partition coefficient (Wildman–Crippen LogP) is 4.33. The molecule has 0 aliphatic carbocycles. The van der Waals surface area contributed by atoms with E-state index in [4.69, 9.17) is 4.74 Å². The van der Waals surface area contributed by atoms with Gasteiger partial charge in [-0.3, -0.25) is 4.79 Å². The fraction of sp³-hybridized carbons (Fsp3) is 0.143. The molecule has 0 atom stereocenters. The zero-order chi connectivity index (χ0) is 18.4. The van der Waals surface area contributed by atoms with Crippen LogP contribution in [0.25, 0.3) is 0 Å². The highest BCUT2D eigenvalue weighted by molar-refractivity contribution is 5.93. The molecule has 0 fully saturated rings. The van der Waals surface area contributed by atoms with Gasteiger partial charge in [-0.05, 0) is 42.3 Å². The second-order valence-electron chi connectivity index (χ2n) is 5.90. The Morgan fingerprint density at radius 3 is 2.42 bits per heavy atom. The number of nitrogens with zero attached hydrogens (tertiary/aromatic N) is 2. The van der Waals surface area contributed by atoms with Gasteiger partial charge in [0.2, 0.25) is 5.88 Å². The number of halogens is 1. The zero-order valence-electron chi connectivity index (χ0n) is 14.4. The molecule has 1 heterocycles. The van der Waals surface area contributed by atoms with Crippen LogP contribution in [-0.2, 0) is 6.42 Å². The highest BCUT2D eigenvalue weighted by Gasteiger charge is 2.12. The Morgan fingerprint density at radius 1 is 1.04 bits per heavy atom. The molecule has 0 N–H and O–H groups in total. The van der Waals surface area contributed by atoms with Crippen molar-refractivity contribution in [1.29, 1.82) is 0 Å². The molecule has 0 bridgehead atoms. The molecule has 1 aromatic heterocycles. The molecule has 3 rings (SSSR count). The largest absolute Gasteiger partial charge is 0.439 e. The lowest BCUT2D eigenvalue weighted by molar-refractivity contribution is 0.0796. The maximum atomic E-state index is 12.9. The Labute approximate surface area is 151 Å². The number of hydrogen-bond acceptors (Lipinski definition) is 3. The van der Waals surface area contributed by atoms with Gasteiger partial charge in [-0.1, -0.05) is 30.3 Å². The number of pyridine rings is 1. The van der Waals surface area contributed by atoms with Crippen molar-refractivity contribution in [2.24, 2.45) is 0 Å². The minimum atomic E-state index is -0.262. The van der Waals surface area contributed by atoms with E-state index in [0.717, 1.165) is 5.56 Å². The second-order valence-corrected chi connectivity index (χ2v) is 5.90. The van der Waals surface area contributed by atoms with E-state index in [1.807, 2.05) is 30.3 Å². The van der Waals surface area contributed by atoms with Crippen molar-refractivity contribution in [2.45, 2.75) is 6.42 Å². The SMILES string of the molecule is CN(CCc1ccc(F)cc1)C(=O)c1ccc(Oc2ccccc2)nc1. The maximum Gasteiger partial charge on any atom is 0.255 e. The van der Waals surface area contributed by atoms with E-state index in [0.29, 0.717) is 30.2 Å². The van der Waals surface area contributed by atoms with Gasteiger partial charge in [-0.15, -0.1) is 0 Å². The summed E-state index contributed by atoms with van der Waals surface area (Å²) >= 11 is 0. The van der Waals surface area contributed by atoms with E-state index in [9.17, 15) is 9.18 Å². The van der Waals surface area contributed by atoms with E-state index < -0.39 is 0 Å². The monoisotopic (exact) mass is 350 g/mol. The average molecular weight is 350 g/mol. The number of hydrogen-bond donors (Lipinski definition) is 0. The van der Waals surface area contributed by atoms with Gasteiger partial charge in [-0.25, -0.2) is 9.37 Å². The summed E-state index contributed by atoms with van der Waals surface area (Å²) in [5.41, 5.74) is 1.47. The molecule has 0 saturated heterocycles. The molecule has 4 nitrogen and oxygen atoms in total. The van der Waals surface area contributed by atoms with Gasteiger partial charge in [0.15, 0.2) is 0 Å². The van der Waals surface area contributed by atoms with Crippen LogP contribution < -0.4 is 4.74 Å². The third kappa shape index (κ3) is 4.66. The van der Waals surface area contributed by atoms with Gasteiger partial charge in [0.1, 0.15) is 11.6 Å². The minimum Gasteiger partial charge on any atom is -0.439 e. The molecule has 0 aliphatic heterocycles. The van der Waals surface area contributed by atoms with Crippen LogP contribution >= 0.6 is 0 Å². The number of aromatic nitrogens is 1. The van der Waals surface area contributed by atoms with Crippen molar-refractivity contribution in [1.82, 2.24) is 9.88 Å². The average Bonchev–Trinajstić information content (AvgIpc) is 2.68. The summed E-state index contributed by atoms with van der Waals surface area (Å²) in [5.74, 6) is 0.741. The first kappa shape index (κ1) is 17.6. The smallest absolute Gasteiger partial charge is 0.255 e. The van der Waals surface area contributed by atoms with E-state index in [1.165, 1.54) is 18.3 Å². The molecule has 3 aromatic rings. The van der Waals surface area contributed by atoms with Gasteiger partial charge >= 0.3 is 0 Å². The van der Waals surface area contributed by atoms with Gasteiger partial charge in [-0.2, -0.15) is 0 Å². The van der Waals surface area contributed by atoms with Crippen LogP contribution in [0.15, 0.2) is 72.9 Å². The van der Waals surface area contributed by atoms with Crippen molar-refractivity contribution < 1.29 is 13.9 Å². The standard InChI is InChI=1S/C21H19FN2O2/c1-24(14-13-16-7-10-18(22)11-8-16)21(25)17-9-12-20(23-15-17)26-19-5-3-2-4-6-19/h2-12,15H,13-14H2,1H3. The Morgan fingerprint density at radius 2 is 1.77 bits per heavy atom. The molecule has 0 unspecified atom stereocenters. The number of carbonyl (C=O) groups is 1. The van der Waals surface area contributed by atoms with Crippen molar-refractivity contribution >= 4 is 5.91 Å². The number of benzene rings is 2. The molecular weight excluding hydrogens is 331 g/mol. The van der Waals surface area contributed by atoms with E-state index in [-0.39, 0.29) is 11.7 Å². The van der Waals surface area contributed by atoms with Crippen LogP contribution in [0, 0.1) is 5.82 Å². The van der Waals surface area contributed by atoms with Crippen molar-refractivity contribution in [2.75, 3.05) is 13.6 Å². The van der Waals surface area contributed by atoms with Crippen LogP contribution in [0.3, 0.4) is 0 Å². The molecule has 0 aliphatic rings. The lowest BCUT2D eigenvalue weighted by atomic mass is 10.1. The molecule has 0 saturated carbocycles. The van der Waals surface area contributed by atoms with Crippen LogP contribution in [-0.4, -0.2) is 29.4 Å². The lowest BCUT2D eigenvalue weighted by Crippen LogP contribution is -2.28. The number of ether oxygens (including phenoxy) is 1. The van der Waals surface area contributed by atoms with Crippen LogP contribution in [0.1, 0.15) is 15.9 Å². The van der Waals surface area contributed by atoms with Crippen molar-refractivity contribution in [3.05, 3.63) is 89.9 Å². The Bertz CT molecular complexity index is 849. The normalized spacial score (nSPS) is 10.4. The summed E-state index contributed by atoms with van der Waals surface area (Å²) in [6.07, 6.45) is 2.17. The topological polar surface area (TPSA) is 42.4 Å². The Kier molecular flexibility index (Phi) is 5.59. The Balaban J connectivity index is 1.57. The number of para-hydroxylation sites is 1. The minimum absolute atomic E-state index is 0.120. The van der Waals surface area contributed by atoms with E-state index >= 15 is 0 Å². The lowest BCUT2D eigenvalue weighted by Gasteiger charge is -2.17. The third-order valence-electron chi connectivity index (χ3n) is 3.94. The fourth-order valence-electron chi connectivity index (χ4n) is 2.45. The summed E-state index contributed by atoms with van der Waals surface area (Å²) in [4.78, 5) is 18.3. The molecule has 1 amide bonds. The zero-order valence-corrected chi connectivity index (χ0v) is 14.4. The summed E-state index contributed by atoms with van der Waals surface area (Å²) in [6, 6.07) is 19.0. The van der Waals surface area contributed by atoms with Crippen LogP contribution in [0.4, 0.5) is 4.39 Å². The molecule has 0 spiro atoms. The van der Waals surface area contributed by atoms with Crippen LogP contribution in [0.2, 0.25) is 0 Å². The fourth-order valence-corrected chi connectivity index (χ4v) is 2.45. The van der Waals surface area contributed by atoms with Gasteiger partial charge in [0, 0.05) is 25.9 Å². The highest BCUT2D eigenvalue weighted by atomic mass is 19.1. The summed E-state index contributed by atoms with van der Waals surface area (Å²) < 4.78 is 18.5. The van der Waals surface area contributed by atoms with E-state index in [2.05, 4.69) is 4.98 Å². The maximum absolute atomic E-state index is 12.9. The first-order valence-corrected chi connectivity index (χ1v) is 8.31. The molecular formula is C21H19FN2O2. The summed E-state index contributed by atoms with van der Waals surface area (Å²) in [5, 5.41) is 0. The summed E-state index contributed by atoms with van der Waals surface area (Å²) in [7, 11) is 1.74. The number of rotatable bonds is 6. The molecule has 5 heteroatoms. The molecule has 132 valence electrons. The van der Waals surface area contributed by atoms with Crippen LogP contribution in [0.5, 0.6) is 11.6 Å². The predicted molar refractivity (Wildman–Crippen MR) is 97.8 cm³/mol. The number of likely N-dealkylation sites (N-methyl/N-ethyl adjacent to an activating group) is 1. The van der Waals surface area contributed by atoms with Crippen molar-refractivity contribution in [3.8, 4) is 11.6 Å². The quantitative estimate of drug-likeness (QED) is 0.665.